The maximum atomic E-state index is 4.51. The van der Waals surface area contributed by atoms with E-state index in [2.05, 4.69) is 39.3 Å². The normalized spacial score (nSPS) is 19.2. The summed E-state index contributed by atoms with van der Waals surface area (Å²) in [6.07, 6.45) is 1.08. The molecule has 1 aromatic heterocycles. The van der Waals surface area contributed by atoms with Crippen molar-refractivity contribution in [1.82, 2.24) is 9.97 Å². The molecule has 0 spiro atoms. The van der Waals surface area contributed by atoms with E-state index in [1.165, 1.54) is 17.3 Å². The van der Waals surface area contributed by atoms with Crippen molar-refractivity contribution in [3.05, 3.63) is 11.8 Å². The number of hydrogen-bond donors (Lipinski definition) is 2. The number of aryl methyl sites for hydroxylation is 1. The first-order valence-corrected chi connectivity index (χ1v) is 9.01. The van der Waals surface area contributed by atoms with Crippen molar-refractivity contribution in [3.8, 4) is 0 Å². The Hall–Kier alpha value is -0.620. The van der Waals surface area contributed by atoms with Crippen LogP contribution in [0.25, 0.3) is 0 Å². The number of anilines is 2. The second kappa shape index (κ2) is 7.85. The Morgan fingerprint density at radius 3 is 2.95 bits per heavy atom. The van der Waals surface area contributed by atoms with E-state index in [1.807, 2.05) is 24.8 Å². The average molecular weight is 298 g/mol. The van der Waals surface area contributed by atoms with E-state index in [0.29, 0.717) is 5.25 Å². The zero-order valence-corrected chi connectivity index (χ0v) is 13.2. The second-order valence-corrected chi connectivity index (χ2v) is 7.15. The highest BCUT2D eigenvalue weighted by atomic mass is 32.2. The monoisotopic (exact) mass is 298 g/mol. The molecule has 2 rings (SSSR count). The zero-order valence-electron chi connectivity index (χ0n) is 11.6. The lowest BCUT2D eigenvalue weighted by Gasteiger charge is -2.21. The van der Waals surface area contributed by atoms with Gasteiger partial charge in [0, 0.05) is 47.4 Å². The van der Waals surface area contributed by atoms with Crippen LogP contribution in [-0.2, 0) is 0 Å². The number of hydrogen-bond acceptors (Lipinski definition) is 6. The molecule has 4 nitrogen and oxygen atoms in total. The lowest BCUT2D eigenvalue weighted by atomic mass is 10.4. The summed E-state index contributed by atoms with van der Waals surface area (Å²) in [5, 5.41) is 7.38. The van der Waals surface area contributed by atoms with Crippen molar-refractivity contribution in [2.24, 2.45) is 0 Å². The predicted octanol–water partition coefficient (Wildman–Crippen LogP) is 2.87. The van der Waals surface area contributed by atoms with Gasteiger partial charge in [-0.2, -0.15) is 28.5 Å². The van der Waals surface area contributed by atoms with Crippen molar-refractivity contribution in [2.75, 3.05) is 41.0 Å². The van der Waals surface area contributed by atoms with Gasteiger partial charge in [-0.25, -0.2) is 4.98 Å². The molecule has 0 aromatic carbocycles. The van der Waals surface area contributed by atoms with E-state index < -0.39 is 0 Å². The number of nitrogens with zero attached hydrogens (tertiary/aromatic N) is 2. The summed E-state index contributed by atoms with van der Waals surface area (Å²) in [6, 6.07) is 2.01. The summed E-state index contributed by atoms with van der Waals surface area (Å²) in [5.41, 5.74) is 1.00. The lowest BCUT2D eigenvalue weighted by Crippen LogP contribution is -2.23. The maximum absolute atomic E-state index is 4.51. The molecule has 1 aliphatic rings. The van der Waals surface area contributed by atoms with Crippen LogP contribution in [0.4, 0.5) is 11.8 Å². The van der Waals surface area contributed by atoms with Gasteiger partial charge in [-0.3, -0.25) is 0 Å². The third-order valence-electron chi connectivity index (χ3n) is 2.78. The van der Waals surface area contributed by atoms with Crippen LogP contribution in [0.2, 0.25) is 0 Å². The molecule has 2 heterocycles. The first-order chi connectivity index (χ1) is 9.28. The van der Waals surface area contributed by atoms with Gasteiger partial charge in [-0.1, -0.05) is 6.92 Å². The summed E-state index contributed by atoms with van der Waals surface area (Å²) < 4.78 is 0. The fourth-order valence-electron chi connectivity index (χ4n) is 1.85. The van der Waals surface area contributed by atoms with Crippen LogP contribution in [0.5, 0.6) is 0 Å². The molecule has 6 heteroatoms. The van der Waals surface area contributed by atoms with Crippen molar-refractivity contribution < 1.29 is 0 Å². The summed E-state index contributed by atoms with van der Waals surface area (Å²) in [7, 11) is 0. The van der Waals surface area contributed by atoms with Gasteiger partial charge in [0.15, 0.2) is 0 Å². The first-order valence-electron chi connectivity index (χ1n) is 6.80. The van der Waals surface area contributed by atoms with E-state index in [9.17, 15) is 0 Å². The molecule has 1 atom stereocenters. The van der Waals surface area contributed by atoms with Gasteiger partial charge in [0.1, 0.15) is 5.82 Å². The molecule has 1 aliphatic heterocycles. The Bertz CT molecular complexity index is 394. The molecule has 0 radical (unpaired) electrons. The maximum Gasteiger partial charge on any atom is 0.224 e. The minimum atomic E-state index is 0.695. The SMILES string of the molecule is CCCNc1nc(C)cc(NCC2CSCCS2)n1. The topological polar surface area (TPSA) is 49.8 Å². The van der Waals surface area contributed by atoms with Crippen molar-refractivity contribution in [3.63, 3.8) is 0 Å². The predicted molar refractivity (Wildman–Crippen MR) is 87.6 cm³/mol. The van der Waals surface area contributed by atoms with Crippen LogP contribution in [-0.4, -0.2) is 45.6 Å². The summed E-state index contributed by atoms with van der Waals surface area (Å²) in [6.45, 7) is 6.05. The van der Waals surface area contributed by atoms with Gasteiger partial charge in [0.2, 0.25) is 5.95 Å². The third kappa shape index (κ3) is 5.10. The molecule has 0 saturated carbocycles. The molecule has 2 N–H and O–H groups in total. The standard InChI is InChI=1S/C13H22N4S2/c1-3-4-14-13-16-10(2)7-12(17-13)15-8-11-9-18-5-6-19-11/h7,11H,3-6,8-9H2,1-2H3,(H2,14,15,16,17). The van der Waals surface area contributed by atoms with Crippen molar-refractivity contribution >= 4 is 35.3 Å². The smallest absolute Gasteiger partial charge is 0.224 e. The van der Waals surface area contributed by atoms with Gasteiger partial charge in [0.25, 0.3) is 0 Å². The first kappa shape index (κ1) is 14.8. The van der Waals surface area contributed by atoms with Gasteiger partial charge in [0.05, 0.1) is 0 Å². The largest absolute Gasteiger partial charge is 0.369 e. The minimum Gasteiger partial charge on any atom is -0.369 e. The van der Waals surface area contributed by atoms with Crippen LogP contribution in [0.1, 0.15) is 19.0 Å². The summed E-state index contributed by atoms with van der Waals surface area (Å²) in [5.74, 6) is 5.46. The molecular weight excluding hydrogens is 276 g/mol. The molecule has 1 aromatic rings. The molecule has 0 bridgehead atoms. The van der Waals surface area contributed by atoms with Gasteiger partial charge in [-0.05, 0) is 13.3 Å². The molecule has 0 aliphatic carbocycles. The van der Waals surface area contributed by atoms with Crippen molar-refractivity contribution in [2.45, 2.75) is 25.5 Å². The van der Waals surface area contributed by atoms with Crippen LogP contribution in [0.3, 0.4) is 0 Å². The molecule has 19 heavy (non-hydrogen) atoms. The van der Waals surface area contributed by atoms with Gasteiger partial charge < -0.3 is 10.6 Å². The second-order valence-electron chi connectivity index (χ2n) is 4.59. The Morgan fingerprint density at radius 2 is 2.21 bits per heavy atom. The highest BCUT2D eigenvalue weighted by Gasteiger charge is 2.14. The number of nitrogens with one attached hydrogen (secondary N) is 2. The van der Waals surface area contributed by atoms with E-state index in [-0.39, 0.29) is 0 Å². The fourth-order valence-corrected chi connectivity index (χ4v) is 4.46. The molecule has 1 unspecified atom stereocenters. The Labute approximate surface area is 123 Å². The molecule has 1 saturated heterocycles. The van der Waals surface area contributed by atoms with Crippen LogP contribution >= 0.6 is 23.5 Å². The van der Waals surface area contributed by atoms with Crippen LogP contribution in [0.15, 0.2) is 6.07 Å². The Kier molecular flexibility index (Phi) is 6.10. The van der Waals surface area contributed by atoms with E-state index in [0.717, 1.165) is 37.0 Å². The molecule has 0 amide bonds. The fraction of sp³-hybridized carbons (Fsp3) is 0.692. The average Bonchev–Trinajstić information content (AvgIpc) is 2.43. The highest BCUT2D eigenvalue weighted by Crippen LogP contribution is 2.24. The minimum absolute atomic E-state index is 0.695. The number of thioether (sulfide) groups is 2. The third-order valence-corrected chi connectivity index (χ3v) is 5.63. The lowest BCUT2D eigenvalue weighted by molar-refractivity contribution is 0.938. The van der Waals surface area contributed by atoms with E-state index in [4.69, 9.17) is 0 Å². The zero-order chi connectivity index (χ0) is 13.5. The van der Waals surface area contributed by atoms with Crippen LogP contribution in [0, 0.1) is 6.92 Å². The van der Waals surface area contributed by atoms with E-state index in [1.54, 1.807) is 0 Å². The number of aromatic nitrogens is 2. The van der Waals surface area contributed by atoms with Gasteiger partial charge in [-0.15, -0.1) is 0 Å². The molecule has 106 valence electrons. The van der Waals surface area contributed by atoms with Gasteiger partial charge >= 0.3 is 0 Å². The van der Waals surface area contributed by atoms with E-state index >= 15 is 0 Å². The van der Waals surface area contributed by atoms with Crippen molar-refractivity contribution in [1.29, 1.82) is 0 Å². The summed E-state index contributed by atoms with van der Waals surface area (Å²) >= 11 is 4.11. The number of rotatable bonds is 6. The highest BCUT2D eigenvalue weighted by molar-refractivity contribution is 8.06. The summed E-state index contributed by atoms with van der Waals surface area (Å²) in [4.78, 5) is 8.90. The molecule has 1 fully saturated rings. The Balaban J connectivity index is 1.89. The van der Waals surface area contributed by atoms with Crippen LogP contribution < -0.4 is 10.6 Å². The Morgan fingerprint density at radius 1 is 1.32 bits per heavy atom. The molecular formula is C13H22N4S2. The quantitative estimate of drug-likeness (QED) is 0.842.